The summed E-state index contributed by atoms with van der Waals surface area (Å²) < 4.78 is 33.8. The van der Waals surface area contributed by atoms with Gasteiger partial charge >= 0.3 is 0 Å². The van der Waals surface area contributed by atoms with Gasteiger partial charge in [0.25, 0.3) is 0 Å². The lowest BCUT2D eigenvalue weighted by atomic mass is 9.70. The molecule has 1 aromatic heterocycles. The van der Waals surface area contributed by atoms with E-state index in [9.17, 15) is 13.6 Å². The van der Waals surface area contributed by atoms with Crippen molar-refractivity contribution in [3.63, 3.8) is 0 Å². The Labute approximate surface area is 164 Å². The molecular formula is C21H27F2N3O2. The maximum Gasteiger partial charge on any atom is 0.200 e. The van der Waals surface area contributed by atoms with Crippen LogP contribution in [0.4, 0.5) is 8.78 Å². The minimum absolute atomic E-state index is 0.0846. The van der Waals surface area contributed by atoms with Gasteiger partial charge in [-0.25, -0.2) is 14.1 Å². The number of unbranched alkanes of at least 4 members (excludes halogenated alkanes) is 1. The van der Waals surface area contributed by atoms with Gasteiger partial charge < -0.3 is 4.74 Å². The van der Waals surface area contributed by atoms with Crippen molar-refractivity contribution in [2.75, 3.05) is 6.61 Å². The molecule has 0 amide bonds. The average Bonchev–Trinajstić information content (AvgIpc) is 3.22. The van der Waals surface area contributed by atoms with Crippen LogP contribution in [0.5, 0.6) is 5.75 Å². The highest BCUT2D eigenvalue weighted by Crippen LogP contribution is 2.40. The number of carbonyl (C=O) groups is 1. The molecular weight excluding hydrogens is 364 g/mol. The zero-order valence-corrected chi connectivity index (χ0v) is 16.2. The van der Waals surface area contributed by atoms with Crippen molar-refractivity contribution in [1.29, 1.82) is 0 Å². The summed E-state index contributed by atoms with van der Waals surface area (Å²) in [7, 11) is 0. The molecule has 0 N–H and O–H groups in total. The third kappa shape index (κ3) is 4.75. The Morgan fingerprint density at radius 2 is 2.04 bits per heavy atom. The number of halogens is 2. The van der Waals surface area contributed by atoms with Crippen molar-refractivity contribution >= 4 is 5.78 Å². The Kier molecular flexibility index (Phi) is 6.75. The van der Waals surface area contributed by atoms with E-state index < -0.39 is 11.6 Å². The van der Waals surface area contributed by atoms with Crippen molar-refractivity contribution in [2.45, 2.75) is 64.3 Å². The number of ketones is 1. The number of ether oxygens (including phenoxy) is 1. The molecule has 1 aromatic carbocycles. The SMILES string of the molecule is CC1(C(=O)C(CCCCOc2cccc(F)c2F)n2cncn2)CCCCC1. The minimum Gasteiger partial charge on any atom is -0.490 e. The lowest BCUT2D eigenvalue weighted by Gasteiger charge is -2.35. The summed E-state index contributed by atoms with van der Waals surface area (Å²) in [6.45, 7) is 2.32. The van der Waals surface area contributed by atoms with Gasteiger partial charge in [-0.05, 0) is 44.2 Å². The maximum atomic E-state index is 13.6. The molecule has 2 aromatic rings. The van der Waals surface area contributed by atoms with E-state index in [1.54, 1.807) is 11.0 Å². The second-order valence-corrected chi connectivity index (χ2v) is 7.77. The number of hydrogen-bond acceptors (Lipinski definition) is 4. The van der Waals surface area contributed by atoms with E-state index in [0.29, 0.717) is 19.3 Å². The Hall–Kier alpha value is -2.31. The highest BCUT2D eigenvalue weighted by molar-refractivity contribution is 5.88. The molecule has 28 heavy (non-hydrogen) atoms. The van der Waals surface area contributed by atoms with Gasteiger partial charge in [-0.15, -0.1) is 0 Å². The van der Waals surface area contributed by atoms with Gasteiger partial charge in [0.15, 0.2) is 17.3 Å². The number of benzene rings is 1. The van der Waals surface area contributed by atoms with E-state index >= 15 is 0 Å². The summed E-state index contributed by atoms with van der Waals surface area (Å²) in [4.78, 5) is 17.3. The van der Waals surface area contributed by atoms with E-state index in [1.165, 1.54) is 24.9 Å². The molecule has 1 atom stereocenters. The highest BCUT2D eigenvalue weighted by atomic mass is 19.2. The van der Waals surface area contributed by atoms with Crippen LogP contribution in [-0.2, 0) is 4.79 Å². The molecule has 1 heterocycles. The van der Waals surface area contributed by atoms with Crippen LogP contribution in [0.3, 0.4) is 0 Å². The van der Waals surface area contributed by atoms with Crippen molar-refractivity contribution in [1.82, 2.24) is 14.8 Å². The Bertz CT molecular complexity index is 774. The Morgan fingerprint density at radius 3 is 2.75 bits per heavy atom. The van der Waals surface area contributed by atoms with Gasteiger partial charge in [0.2, 0.25) is 5.82 Å². The largest absolute Gasteiger partial charge is 0.490 e. The molecule has 1 unspecified atom stereocenters. The number of Topliss-reactive ketones (excluding diaryl/α,β-unsaturated/α-hetero) is 1. The average molecular weight is 391 g/mol. The Balaban J connectivity index is 1.55. The summed E-state index contributed by atoms with van der Waals surface area (Å²) in [5.41, 5.74) is -0.309. The molecule has 0 spiro atoms. The van der Waals surface area contributed by atoms with Gasteiger partial charge in [-0.3, -0.25) is 4.79 Å². The lowest BCUT2D eigenvalue weighted by molar-refractivity contribution is -0.133. The first kappa shape index (κ1) is 20.4. The molecule has 0 aliphatic heterocycles. The highest BCUT2D eigenvalue weighted by Gasteiger charge is 2.39. The second-order valence-electron chi connectivity index (χ2n) is 7.77. The van der Waals surface area contributed by atoms with Crippen LogP contribution in [0.15, 0.2) is 30.9 Å². The molecule has 1 aliphatic rings. The molecule has 1 fully saturated rings. The van der Waals surface area contributed by atoms with Crippen LogP contribution in [0.25, 0.3) is 0 Å². The van der Waals surface area contributed by atoms with Crippen molar-refractivity contribution in [2.24, 2.45) is 5.41 Å². The summed E-state index contributed by atoms with van der Waals surface area (Å²) in [6.07, 6.45) is 10.2. The predicted octanol–water partition coefficient (Wildman–Crippen LogP) is 4.89. The van der Waals surface area contributed by atoms with Crippen LogP contribution in [0.2, 0.25) is 0 Å². The van der Waals surface area contributed by atoms with Crippen LogP contribution in [-0.4, -0.2) is 27.2 Å². The van der Waals surface area contributed by atoms with Crippen LogP contribution in [0.1, 0.15) is 64.3 Å². The first-order valence-corrected chi connectivity index (χ1v) is 9.96. The number of aromatic nitrogens is 3. The van der Waals surface area contributed by atoms with Crippen molar-refractivity contribution in [3.05, 3.63) is 42.5 Å². The second kappa shape index (κ2) is 9.26. The fourth-order valence-electron chi connectivity index (χ4n) is 3.96. The zero-order chi connectivity index (χ0) is 20.0. The van der Waals surface area contributed by atoms with Gasteiger partial charge in [-0.1, -0.05) is 32.3 Å². The first-order chi connectivity index (χ1) is 13.5. The van der Waals surface area contributed by atoms with E-state index in [-0.39, 0.29) is 29.6 Å². The number of hydrogen-bond donors (Lipinski definition) is 0. The predicted molar refractivity (Wildman–Crippen MR) is 101 cm³/mol. The monoisotopic (exact) mass is 391 g/mol. The summed E-state index contributed by atoms with van der Waals surface area (Å²) in [6, 6.07) is 3.53. The molecule has 7 heteroatoms. The third-order valence-electron chi connectivity index (χ3n) is 5.66. The van der Waals surface area contributed by atoms with Gasteiger partial charge in [-0.2, -0.15) is 9.49 Å². The topological polar surface area (TPSA) is 57.0 Å². The molecule has 0 radical (unpaired) electrons. The van der Waals surface area contributed by atoms with E-state index in [0.717, 1.165) is 31.7 Å². The quantitative estimate of drug-likeness (QED) is 0.571. The molecule has 0 saturated heterocycles. The summed E-state index contributed by atoms with van der Waals surface area (Å²) in [5.74, 6) is -1.76. The molecule has 0 bridgehead atoms. The van der Waals surface area contributed by atoms with E-state index in [2.05, 4.69) is 17.0 Å². The summed E-state index contributed by atoms with van der Waals surface area (Å²) >= 11 is 0. The first-order valence-electron chi connectivity index (χ1n) is 9.96. The smallest absolute Gasteiger partial charge is 0.200 e. The van der Waals surface area contributed by atoms with Gasteiger partial charge in [0.05, 0.1) is 6.61 Å². The number of rotatable bonds is 9. The fraction of sp³-hybridized carbons (Fsp3) is 0.571. The summed E-state index contributed by atoms with van der Waals surface area (Å²) in [5, 5.41) is 4.19. The van der Waals surface area contributed by atoms with Gasteiger partial charge in [0.1, 0.15) is 18.7 Å². The molecule has 3 rings (SSSR count). The van der Waals surface area contributed by atoms with Crippen LogP contribution < -0.4 is 4.74 Å². The fourth-order valence-corrected chi connectivity index (χ4v) is 3.96. The molecule has 152 valence electrons. The minimum atomic E-state index is -0.969. The van der Waals surface area contributed by atoms with E-state index in [1.807, 2.05) is 0 Å². The lowest BCUT2D eigenvalue weighted by Crippen LogP contribution is -2.37. The maximum absolute atomic E-state index is 13.6. The zero-order valence-electron chi connectivity index (χ0n) is 16.2. The molecule has 1 aliphatic carbocycles. The standard InChI is InChI=1S/C21H27F2N3O2/c1-21(11-4-2-5-12-21)20(27)17(26-15-24-14-25-26)9-3-6-13-28-18-10-7-8-16(22)19(18)23/h7-8,10,14-15,17H,2-6,9,11-13H2,1H3. The number of carbonyl (C=O) groups excluding carboxylic acids is 1. The number of nitrogens with zero attached hydrogens (tertiary/aromatic N) is 3. The van der Waals surface area contributed by atoms with Crippen LogP contribution in [0, 0.1) is 17.0 Å². The van der Waals surface area contributed by atoms with E-state index in [4.69, 9.17) is 4.74 Å². The molecule has 5 nitrogen and oxygen atoms in total. The third-order valence-corrected chi connectivity index (χ3v) is 5.66. The molecule has 1 saturated carbocycles. The van der Waals surface area contributed by atoms with Crippen molar-refractivity contribution in [3.8, 4) is 5.75 Å². The van der Waals surface area contributed by atoms with Crippen molar-refractivity contribution < 1.29 is 18.3 Å². The normalized spacial score (nSPS) is 17.2. The van der Waals surface area contributed by atoms with Crippen LogP contribution >= 0.6 is 0 Å². The Morgan fingerprint density at radius 1 is 1.25 bits per heavy atom. The van der Waals surface area contributed by atoms with Gasteiger partial charge in [0, 0.05) is 5.41 Å².